The van der Waals surface area contributed by atoms with Crippen molar-refractivity contribution in [2.24, 2.45) is 5.92 Å². The molecule has 4 unspecified atom stereocenters. The molecule has 0 saturated heterocycles. The maximum Gasteiger partial charge on any atom is 0.148 e. The van der Waals surface area contributed by atoms with E-state index in [9.17, 15) is 0 Å². The van der Waals surface area contributed by atoms with Crippen molar-refractivity contribution in [2.45, 2.75) is 76.0 Å². The number of rotatable bonds is 8. The SMILES string of the molecule is CC1(C)c2cc(N(C3=CCC(C4=CCCC=C4)CC3)c3ccccc3F)c3c(c2-c2c1c1ccccc1c1ccccc21)C1C=C(N(C2=CC=CCC2F)c2ccc(-c4ccccc4)cc2)C=CC1O3. The molecule has 7 aromatic rings. The molecule has 0 fully saturated rings. The zero-order valence-corrected chi connectivity index (χ0v) is 39.6. The van der Waals surface area contributed by atoms with Crippen molar-refractivity contribution in [3.05, 3.63) is 239 Å². The molecule has 344 valence electrons. The predicted octanol–water partition coefficient (Wildman–Crippen LogP) is 17.2. The van der Waals surface area contributed by atoms with E-state index in [-0.39, 0.29) is 17.8 Å². The quantitative estimate of drug-likeness (QED) is 0.141. The molecule has 0 N–H and O–H groups in total. The van der Waals surface area contributed by atoms with Crippen LogP contribution < -0.4 is 14.5 Å². The average molecular weight is 917 g/mol. The average Bonchev–Trinajstić information content (AvgIpc) is 3.90. The fourth-order valence-corrected chi connectivity index (χ4v) is 12.5. The van der Waals surface area contributed by atoms with Gasteiger partial charge in [-0.1, -0.05) is 153 Å². The standard InChI is InChI=1S/C65H54F2N2O/c1-65(2)53-40-58(69(57-28-16-14-26-55(57)67)46-35-31-44(32-36-46)42-19-7-4-8-20-42)64-61(62(53)60-50-23-11-9-21-48(50)49-22-10-12-24-51(49)63(60)65)52-39-47(37-38-59(52)70-64)68(56-27-15-13-25-54(56)66)45-33-29-43(30-34-45)41-17-5-3-6-18-41/h3,5-7,9-24,26-30,33-35,37-40,44,52,54,59H,4,8,25,31-32,36H2,1-2H3. The van der Waals surface area contributed by atoms with E-state index in [1.807, 2.05) is 36.4 Å². The zero-order valence-electron chi connectivity index (χ0n) is 39.6. The Morgan fingerprint density at radius 1 is 0.671 bits per heavy atom. The van der Waals surface area contributed by atoms with Crippen molar-refractivity contribution in [3.8, 4) is 28.0 Å². The number of fused-ring (bicyclic) bond motifs is 12. The van der Waals surface area contributed by atoms with E-state index in [4.69, 9.17) is 4.74 Å². The van der Waals surface area contributed by atoms with E-state index in [1.54, 1.807) is 12.1 Å². The summed E-state index contributed by atoms with van der Waals surface area (Å²) in [5, 5.41) is 4.88. The lowest BCUT2D eigenvalue weighted by molar-refractivity contribution is 0.268. The van der Waals surface area contributed by atoms with Crippen molar-refractivity contribution in [3.63, 3.8) is 0 Å². The summed E-state index contributed by atoms with van der Waals surface area (Å²) in [4.78, 5) is 4.29. The highest BCUT2D eigenvalue weighted by Gasteiger charge is 2.48. The summed E-state index contributed by atoms with van der Waals surface area (Å²) in [6.07, 6.45) is 25.3. The van der Waals surface area contributed by atoms with Gasteiger partial charge in [0.25, 0.3) is 0 Å². The van der Waals surface area contributed by atoms with Gasteiger partial charge in [-0.2, -0.15) is 0 Å². The van der Waals surface area contributed by atoms with Crippen LogP contribution >= 0.6 is 0 Å². The Balaban J connectivity index is 1.05. The first-order valence-corrected chi connectivity index (χ1v) is 25.1. The van der Waals surface area contributed by atoms with Crippen LogP contribution in [0.5, 0.6) is 5.75 Å². The molecule has 1 aliphatic heterocycles. The number of para-hydroxylation sites is 1. The summed E-state index contributed by atoms with van der Waals surface area (Å²) in [6, 6.07) is 46.0. The second kappa shape index (κ2) is 16.9. The molecule has 13 rings (SSSR count). The van der Waals surface area contributed by atoms with E-state index >= 15 is 8.78 Å². The summed E-state index contributed by atoms with van der Waals surface area (Å²) in [6.45, 7) is 4.72. The lowest BCUT2D eigenvalue weighted by Crippen LogP contribution is -2.30. The topological polar surface area (TPSA) is 15.7 Å². The molecule has 3 nitrogen and oxygen atoms in total. The first-order valence-electron chi connectivity index (χ1n) is 25.1. The summed E-state index contributed by atoms with van der Waals surface area (Å²) in [7, 11) is 0. The summed E-state index contributed by atoms with van der Waals surface area (Å²) < 4.78 is 40.6. The molecule has 0 radical (unpaired) electrons. The van der Waals surface area contributed by atoms with Gasteiger partial charge in [0.15, 0.2) is 0 Å². The zero-order chi connectivity index (χ0) is 47.1. The highest BCUT2D eigenvalue weighted by Crippen LogP contribution is 2.63. The Morgan fingerprint density at radius 3 is 2.14 bits per heavy atom. The number of hydrogen-bond acceptors (Lipinski definition) is 3. The van der Waals surface area contributed by atoms with E-state index in [2.05, 4.69) is 169 Å². The Bertz CT molecular complexity index is 3500. The van der Waals surface area contributed by atoms with E-state index in [0.717, 1.165) is 77.3 Å². The molecule has 5 heteroatoms. The number of halogens is 2. The second-order valence-electron chi connectivity index (χ2n) is 20.2. The second-order valence-corrected chi connectivity index (χ2v) is 20.2. The normalized spacial score (nSPS) is 21.5. The van der Waals surface area contributed by atoms with Crippen LogP contribution in [0.25, 0.3) is 43.8 Å². The Kier molecular flexibility index (Phi) is 10.3. The Morgan fingerprint density at radius 2 is 1.40 bits per heavy atom. The van der Waals surface area contributed by atoms with Crippen LogP contribution in [-0.2, 0) is 5.41 Å². The maximum absolute atomic E-state index is 16.7. The Hall–Kier alpha value is -7.50. The van der Waals surface area contributed by atoms with Crippen LogP contribution in [0.4, 0.5) is 25.8 Å². The molecule has 0 saturated carbocycles. The van der Waals surface area contributed by atoms with Gasteiger partial charge in [-0.3, -0.25) is 0 Å². The van der Waals surface area contributed by atoms with Gasteiger partial charge in [0.2, 0.25) is 0 Å². The molecule has 0 amide bonds. The van der Waals surface area contributed by atoms with E-state index in [1.165, 1.54) is 49.4 Å². The van der Waals surface area contributed by atoms with Crippen LogP contribution in [0.15, 0.2) is 217 Å². The van der Waals surface area contributed by atoms with Gasteiger partial charge < -0.3 is 14.5 Å². The number of nitrogens with zero attached hydrogens (tertiary/aromatic N) is 2. The fourth-order valence-electron chi connectivity index (χ4n) is 12.5. The van der Waals surface area contributed by atoms with Crippen LogP contribution in [0.1, 0.15) is 75.0 Å². The summed E-state index contributed by atoms with van der Waals surface area (Å²) >= 11 is 0. The number of benzene rings is 7. The highest BCUT2D eigenvalue weighted by molar-refractivity contribution is 6.19. The molecule has 70 heavy (non-hydrogen) atoms. The summed E-state index contributed by atoms with van der Waals surface area (Å²) in [5.41, 5.74) is 14.0. The number of allylic oxidation sites excluding steroid dienone is 11. The lowest BCUT2D eigenvalue weighted by atomic mass is 9.78. The van der Waals surface area contributed by atoms with Gasteiger partial charge in [0.05, 0.1) is 17.1 Å². The van der Waals surface area contributed by atoms with Crippen molar-refractivity contribution in [2.75, 3.05) is 9.80 Å². The number of hydrogen-bond donors (Lipinski definition) is 0. The molecule has 5 aliphatic carbocycles. The summed E-state index contributed by atoms with van der Waals surface area (Å²) in [5.74, 6) is 0.659. The minimum Gasteiger partial charge on any atom is -0.483 e. The van der Waals surface area contributed by atoms with Crippen LogP contribution in [-0.4, -0.2) is 12.3 Å². The molecular weight excluding hydrogens is 863 g/mol. The number of alkyl halides is 1. The first-order chi connectivity index (χ1) is 34.3. The van der Waals surface area contributed by atoms with Crippen LogP contribution in [0.2, 0.25) is 0 Å². The van der Waals surface area contributed by atoms with Crippen LogP contribution in [0, 0.1) is 11.7 Å². The number of anilines is 3. The van der Waals surface area contributed by atoms with Gasteiger partial charge in [-0.25, -0.2) is 8.78 Å². The van der Waals surface area contributed by atoms with Crippen molar-refractivity contribution < 1.29 is 13.5 Å². The molecular formula is C65H54F2N2O. The van der Waals surface area contributed by atoms with Crippen molar-refractivity contribution in [1.29, 1.82) is 0 Å². The monoisotopic (exact) mass is 916 g/mol. The van der Waals surface area contributed by atoms with Gasteiger partial charge in [-0.05, 0) is 153 Å². The highest BCUT2D eigenvalue weighted by atomic mass is 19.1. The third-order valence-electron chi connectivity index (χ3n) is 15.8. The maximum atomic E-state index is 16.7. The smallest absolute Gasteiger partial charge is 0.148 e. The number of ether oxygens (including phenoxy) is 1. The van der Waals surface area contributed by atoms with Gasteiger partial charge >= 0.3 is 0 Å². The van der Waals surface area contributed by atoms with Crippen LogP contribution in [0.3, 0.4) is 0 Å². The third kappa shape index (κ3) is 6.80. The Labute approximate surface area is 409 Å². The van der Waals surface area contributed by atoms with Crippen molar-refractivity contribution in [1.82, 2.24) is 0 Å². The van der Waals surface area contributed by atoms with E-state index in [0.29, 0.717) is 23.7 Å². The van der Waals surface area contributed by atoms with E-state index < -0.39 is 11.6 Å². The molecule has 7 aromatic carbocycles. The third-order valence-corrected chi connectivity index (χ3v) is 15.8. The van der Waals surface area contributed by atoms with Gasteiger partial charge in [0.1, 0.15) is 23.8 Å². The molecule has 0 bridgehead atoms. The lowest BCUT2D eigenvalue weighted by Gasteiger charge is -2.35. The minimum absolute atomic E-state index is 0.253. The molecule has 0 spiro atoms. The first kappa shape index (κ1) is 42.6. The predicted molar refractivity (Wildman–Crippen MR) is 285 cm³/mol. The fraction of sp³-hybridized carbons (Fsp3) is 0.200. The molecule has 0 aromatic heterocycles. The molecule has 4 atom stereocenters. The largest absolute Gasteiger partial charge is 0.483 e. The minimum atomic E-state index is -1.19. The van der Waals surface area contributed by atoms with Gasteiger partial charge in [-0.15, -0.1) is 0 Å². The van der Waals surface area contributed by atoms with Crippen molar-refractivity contribution >= 4 is 38.6 Å². The molecule has 6 aliphatic rings. The van der Waals surface area contributed by atoms with Gasteiger partial charge in [0, 0.05) is 40.4 Å². The molecule has 1 heterocycles.